The number of fused-ring (bicyclic) bond motifs is 1. The lowest BCUT2D eigenvalue weighted by atomic mass is 10.2. The quantitative estimate of drug-likeness (QED) is 0.479. The number of rotatable bonds is 5. The summed E-state index contributed by atoms with van der Waals surface area (Å²) in [5.74, 6) is 8.14. The standard InChI is InChI=1S/C22H22N6O3/c1-4-19(29)25-15-7-8-28(12-15)22-20-18(26-27-21(20)23-13-24-22)6-5-14-9-16(30-2)11-17(10-14)31-3/h4,9-11,13,15H,1,7-8,12H2,2-3H3,(H,25,29)(H,23,24,26,27)/t15-/m1/s1. The van der Waals surface area contributed by atoms with Crippen molar-refractivity contribution in [1.82, 2.24) is 25.5 Å². The summed E-state index contributed by atoms with van der Waals surface area (Å²) in [4.78, 5) is 22.5. The molecule has 9 nitrogen and oxygen atoms in total. The van der Waals surface area contributed by atoms with Gasteiger partial charge in [0.05, 0.1) is 19.6 Å². The van der Waals surface area contributed by atoms with Crippen molar-refractivity contribution in [2.45, 2.75) is 12.5 Å². The summed E-state index contributed by atoms with van der Waals surface area (Å²) in [5, 5.41) is 10.9. The fourth-order valence-electron chi connectivity index (χ4n) is 3.52. The zero-order valence-electron chi connectivity index (χ0n) is 17.3. The van der Waals surface area contributed by atoms with Crippen LogP contribution in [0.4, 0.5) is 5.82 Å². The predicted octanol–water partition coefficient (Wildman–Crippen LogP) is 1.65. The summed E-state index contributed by atoms with van der Waals surface area (Å²) in [7, 11) is 3.19. The number of amides is 1. The van der Waals surface area contributed by atoms with Gasteiger partial charge >= 0.3 is 0 Å². The Morgan fingerprint density at radius 1 is 1.26 bits per heavy atom. The second-order valence-electron chi connectivity index (χ2n) is 6.99. The van der Waals surface area contributed by atoms with Crippen molar-refractivity contribution in [2.75, 3.05) is 32.2 Å². The summed E-state index contributed by atoms with van der Waals surface area (Å²) in [6.45, 7) is 4.89. The minimum atomic E-state index is -0.178. The normalized spacial score (nSPS) is 15.3. The number of ether oxygens (including phenoxy) is 2. The van der Waals surface area contributed by atoms with E-state index in [9.17, 15) is 4.79 Å². The van der Waals surface area contributed by atoms with Gasteiger partial charge in [-0.3, -0.25) is 9.89 Å². The molecular weight excluding hydrogens is 396 g/mol. The van der Waals surface area contributed by atoms with Crippen LogP contribution >= 0.6 is 0 Å². The van der Waals surface area contributed by atoms with E-state index in [1.807, 2.05) is 12.1 Å². The molecule has 1 saturated heterocycles. The van der Waals surface area contributed by atoms with Crippen molar-refractivity contribution in [1.29, 1.82) is 0 Å². The van der Waals surface area contributed by atoms with Crippen LogP contribution in [0.1, 0.15) is 17.7 Å². The van der Waals surface area contributed by atoms with Crippen LogP contribution in [-0.4, -0.2) is 59.4 Å². The Morgan fingerprint density at radius 2 is 2.03 bits per heavy atom. The fraction of sp³-hybridized carbons (Fsp3) is 0.273. The third kappa shape index (κ3) is 4.28. The van der Waals surface area contributed by atoms with Gasteiger partial charge in [0.1, 0.15) is 29.3 Å². The number of benzene rings is 1. The molecular formula is C22H22N6O3. The van der Waals surface area contributed by atoms with Gasteiger partial charge in [0.25, 0.3) is 0 Å². The molecule has 0 aliphatic carbocycles. The molecule has 3 heterocycles. The zero-order chi connectivity index (χ0) is 21.8. The van der Waals surface area contributed by atoms with Crippen LogP contribution in [0, 0.1) is 11.8 Å². The molecule has 0 unspecified atom stereocenters. The maximum Gasteiger partial charge on any atom is 0.243 e. The van der Waals surface area contributed by atoms with Gasteiger partial charge in [-0.05, 0) is 30.6 Å². The van der Waals surface area contributed by atoms with Crippen molar-refractivity contribution >= 4 is 22.8 Å². The number of carbonyl (C=O) groups excluding carboxylic acids is 1. The van der Waals surface area contributed by atoms with Crippen LogP contribution in [-0.2, 0) is 4.79 Å². The van der Waals surface area contributed by atoms with Gasteiger partial charge < -0.3 is 19.7 Å². The third-order valence-electron chi connectivity index (χ3n) is 5.03. The number of anilines is 1. The van der Waals surface area contributed by atoms with E-state index in [0.717, 1.165) is 29.7 Å². The van der Waals surface area contributed by atoms with Crippen LogP contribution in [0.3, 0.4) is 0 Å². The molecule has 1 aliphatic heterocycles. The molecule has 1 aliphatic rings. The molecule has 2 aromatic heterocycles. The van der Waals surface area contributed by atoms with Crippen LogP contribution in [0.15, 0.2) is 37.2 Å². The fourth-order valence-corrected chi connectivity index (χ4v) is 3.52. The van der Waals surface area contributed by atoms with Crippen molar-refractivity contribution < 1.29 is 14.3 Å². The molecule has 0 radical (unpaired) electrons. The van der Waals surface area contributed by atoms with Gasteiger partial charge in [0.15, 0.2) is 5.65 Å². The second kappa shape index (κ2) is 8.75. The Kier molecular flexibility index (Phi) is 5.71. The van der Waals surface area contributed by atoms with E-state index in [2.05, 4.69) is 48.8 Å². The molecule has 2 N–H and O–H groups in total. The molecule has 0 spiro atoms. The van der Waals surface area contributed by atoms with Crippen molar-refractivity contribution in [3.63, 3.8) is 0 Å². The zero-order valence-corrected chi connectivity index (χ0v) is 17.3. The molecule has 3 aromatic rings. The van der Waals surface area contributed by atoms with Crippen molar-refractivity contribution in [2.24, 2.45) is 0 Å². The first kappa shape index (κ1) is 20.2. The van der Waals surface area contributed by atoms with Gasteiger partial charge in [-0.1, -0.05) is 12.5 Å². The third-order valence-corrected chi connectivity index (χ3v) is 5.03. The Bertz CT molecular complexity index is 1170. The SMILES string of the molecule is C=CC(=O)N[C@@H]1CCN(c2ncnc3n[nH]c(C#Cc4cc(OC)cc(OC)c4)c23)C1. The smallest absolute Gasteiger partial charge is 0.243 e. The molecule has 31 heavy (non-hydrogen) atoms. The molecule has 4 rings (SSSR count). The molecule has 1 aromatic carbocycles. The van der Waals surface area contributed by atoms with Crippen LogP contribution in [0.2, 0.25) is 0 Å². The highest BCUT2D eigenvalue weighted by atomic mass is 16.5. The first-order valence-electron chi connectivity index (χ1n) is 9.73. The summed E-state index contributed by atoms with van der Waals surface area (Å²) in [6.07, 6.45) is 3.58. The van der Waals surface area contributed by atoms with Gasteiger partial charge in [0.2, 0.25) is 5.91 Å². The maximum absolute atomic E-state index is 11.6. The number of hydrogen-bond acceptors (Lipinski definition) is 7. The number of methoxy groups -OCH3 is 2. The van der Waals surface area contributed by atoms with E-state index in [0.29, 0.717) is 29.4 Å². The molecule has 1 fully saturated rings. The van der Waals surface area contributed by atoms with E-state index in [1.54, 1.807) is 20.3 Å². The number of aromatic amines is 1. The van der Waals surface area contributed by atoms with Crippen LogP contribution < -0.4 is 19.7 Å². The second-order valence-corrected chi connectivity index (χ2v) is 6.99. The summed E-state index contributed by atoms with van der Waals surface area (Å²) in [5.41, 5.74) is 1.90. The van der Waals surface area contributed by atoms with Crippen molar-refractivity contribution in [3.05, 3.63) is 48.4 Å². The number of hydrogen-bond donors (Lipinski definition) is 2. The predicted molar refractivity (Wildman–Crippen MR) is 116 cm³/mol. The minimum absolute atomic E-state index is 0.0289. The highest BCUT2D eigenvalue weighted by Gasteiger charge is 2.27. The summed E-state index contributed by atoms with van der Waals surface area (Å²) >= 11 is 0. The van der Waals surface area contributed by atoms with Gasteiger partial charge in [0, 0.05) is 30.8 Å². The summed E-state index contributed by atoms with van der Waals surface area (Å²) < 4.78 is 10.6. The Morgan fingerprint density at radius 3 is 2.74 bits per heavy atom. The van der Waals surface area contributed by atoms with Crippen LogP contribution in [0.25, 0.3) is 11.0 Å². The van der Waals surface area contributed by atoms with E-state index < -0.39 is 0 Å². The molecule has 1 atom stereocenters. The van der Waals surface area contributed by atoms with E-state index in [1.165, 1.54) is 12.4 Å². The number of nitrogens with one attached hydrogen (secondary N) is 2. The van der Waals surface area contributed by atoms with E-state index in [4.69, 9.17) is 9.47 Å². The Balaban J connectivity index is 1.66. The lowest BCUT2D eigenvalue weighted by molar-refractivity contribution is -0.117. The first-order chi connectivity index (χ1) is 15.1. The lowest BCUT2D eigenvalue weighted by Gasteiger charge is -2.18. The Labute approximate surface area is 179 Å². The summed E-state index contributed by atoms with van der Waals surface area (Å²) in [6, 6.07) is 5.48. The lowest BCUT2D eigenvalue weighted by Crippen LogP contribution is -2.36. The molecule has 0 saturated carbocycles. The largest absolute Gasteiger partial charge is 0.497 e. The van der Waals surface area contributed by atoms with Gasteiger partial charge in [-0.2, -0.15) is 5.10 Å². The molecule has 1 amide bonds. The first-order valence-corrected chi connectivity index (χ1v) is 9.73. The maximum atomic E-state index is 11.6. The average molecular weight is 418 g/mol. The molecule has 158 valence electrons. The molecule has 0 bridgehead atoms. The van der Waals surface area contributed by atoms with E-state index >= 15 is 0 Å². The Hall–Kier alpha value is -4.06. The highest BCUT2D eigenvalue weighted by molar-refractivity contribution is 5.92. The molecule has 9 heteroatoms. The van der Waals surface area contributed by atoms with E-state index in [-0.39, 0.29) is 11.9 Å². The minimum Gasteiger partial charge on any atom is -0.497 e. The monoisotopic (exact) mass is 418 g/mol. The topological polar surface area (TPSA) is 105 Å². The van der Waals surface area contributed by atoms with Crippen molar-refractivity contribution in [3.8, 4) is 23.3 Å². The number of aromatic nitrogens is 4. The van der Waals surface area contributed by atoms with Gasteiger partial charge in [-0.25, -0.2) is 9.97 Å². The number of H-pyrrole nitrogens is 1. The number of carbonyl (C=O) groups is 1. The van der Waals surface area contributed by atoms with Crippen LogP contribution in [0.5, 0.6) is 11.5 Å². The number of nitrogens with zero attached hydrogens (tertiary/aromatic N) is 4. The average Bonchev–Trinajstić information content (AvgIpc) is 3.44. The van der Waals surface area contributed by atoms with Gasteiger partial charge in [-0.15, -0.1) is 0 Å². The highest BCUT2D eigenvalue weighted by Crippen LogP contribution is 2.28.